The molecule has 0 heterocycles. The number of carbonyl (C=O) groups excluding carboxylic acids is 1. The SMILES string of the molecule is COc1cc(O)c(Cl)c(CN=C=O)c1OC. The highest BCUT2D eigenvalue weighted by Crippen LogP contribution is 2.42. The number of benzene rings is 1. The quantitative estimate of drug-likeness (QED) is 0.648. The lowest BCUT2D eigenvalue weighted by atomic mass is 10.1. The molecule has 0 spiro atoms. The van der Waals surface area contributed by atoms with Crippen LogP contribution in [-0.2, 0) is 11.3 Å². The van der Waals surface area contributed by atoms with Gasteiger partial charge in [0.25, 0.3) is 0 Å². The normalized spacial score (nSPS) is 9.44. The van der Waals surface area contributed by atoms with Gasteiger partial charge in [0.2, 0.25) is 6.08 Å². The number of halogens is 1. The third-order valence-corrected chi connectivity index (χ3v) is 2.40. The van der Waals surface area contributed by atoms with Crippen molar-refractivity contribution in [1.82, 2.24) is 0 Å². The predicted molar refractivity (Wildman–Crippen MR) is 58.0 cm³/mol. The van der Waals surface area contributed by atoms with Gasteiger partial charge in [0.1, 0.15) is 5.75 Å². The molecule has 1 rings (SSSR count). The number of rotatable bonds is 4. The molecule has 1 aromatic carbocycles. The van der Waals surface area contributed by atoms with Crippen LogP contribution in [0.25, 0.3) is 0 Å². The zero-order chi connectivity index (χ0) is 12.1. The molecule has 0 saturated heterocycles. The first-order valence-corrected chi connectivity index (χ1v) is 4.69. The van der Waals surface area contributed by atoms with Gasteiger partial charge in [-0.2, -0.15) is 0 Å². The van der Waals surface area contributed by atoms with Crippen molar-refractivity contribution in [3.05, 3.63) is 16.7 Å². The minimum Gasteiger partial charge on any atom is -0.506 e. The fourth-order valence-electron chi connectivity index (χ4n) is 1.28. The number of nitrogens with zero attached hydrogens (tertiary/aromatic N) is 1. The van der Waals surface area contributed by atoms with Crippen molar-refractivity contribution < 1.29 is 19.4 Å². The fourth-order valence-corrected chi connectivity index (χ4v) is 1.48. The second-order valence-electron chi connectivity index (χ2n) is 2.83. The average Bonchev–Trinajstić information content (AvgIpc) is 2.30. The zero-order valence-electron chi connectivity index (χ0n) is 8.78. The number of hydrogen-bond donors (Lipinski definition) is 1. The summed E-state index contributed by atoms with van der Waals surface area (Å²) in [6, 6.07) is 1.33. The third kappa shape index (κ3) is 2.27. The average molecular weight is 244 g/mol. The molecule has 5 nitrogen and oxygen atoms in total. The van der Waals surface area contributed by atoms with Gasteiger partial charge in [0, 0.05) is 11.6 Å². The van der Waals surface area contributed by atoms with Gasteiger partial charge in [-0.05, 0) is 0 Å². The third-order valence-electron chi connectivity index (χ3n) is 1.98. The van der Waals surface area contributed by atoms with Gasteiger partial charge in [-0.15, -0.1) is 0 Å². The number of isocyanates is 1. The summed E-state index contributed by atoms with van der Waals surface area (Å²) >= 11 is 5.87. The zero-order valence-corrected chi connectivity index (χ0v) is 9.54. The molecule has 0 radical (unpaired) electrons. The smallest absolute Gasteiger partial charge is 0.235 e. The number of phenolic OH excluding ortho intramolecular Hbond substituents is 1. The van der Waals surface area contributed by atoms with Crippen LogP contribution in [0.2, 0.25) is 5.02 Å². The Morgan fingerprint density at radius 1 is 1.50 bits per heavy atom. The van der Waals surface area contributed by atoms with Gasteiger partial charge in [0.05, 0.1) is 25.8 Å². The summed E-state index contributed by atoms with van der Waals surface area (Å²) in [4.78, 5) is 13.5. The lowest BCUT2D eigenvalue weighted by molar-refractivity contribution is 0.348. The summed E-state index contributed by atoms with van der Waals surface area (Å²) in [6.07, 6.45) is 1.39. The van der Waals surface area contributed by atoms with E-state index in [1.54, 1.807) is 0 Å². The van der Waals surface area contributed by atoms with Gasteiger partial charge < -0.3 is 14.6 Å². The maximum atomic E-state index is 10.1. The highest BCUT2D eigenvalue weighted by atomic mass is 35.5. The van der Waals surface area contributed by atoms with E-state index in [1.807, 2.05) is 0 Å². The number of ether oxygens (including phenoxy) is 2. The topological polar surface area (TPSA) is 68.1 Å². The molecule has 0 aliphatic rings. The minimum absolute atomic E-state index is 0.0315. The van der Waals surface area contributed by atoms with E-state index in [4.69, 9.17) is 21.1 Å². The largest absolute Gasteiger partial charge is 0.506 e. The molecule has 0 aliphatic carbocycles. The molecule has 0 amide bonds. The monoisotopic (exact) mass is 243 g/mol. The van der Waals surface area contributed by atoms with Gasteiger partial charge in [-0.1, -0.05) is 11.6 Å². The molecule has 6 heteroatoms. The first-order chi connectivity index (χ1) is 7.65. The van der Waals surface area contributed by atoms with Crippen molar-refractivity contribution in [1.29, 1.82) is 0 Å². The number of methoxy groups -OCH3 is 2. The summed E-state index contributed by atoms with van der Waals surface area (Å²) in [5.74, 6) is 0.500. The van der Waals surface area contributed by atoms with Crippen molar-refractivity contribution in [2.75, 3.05) is 14.2 Å². The van der Waals surface area contributed by atoms with E-state index in [0.717, 1.165) is 0 Å². The van der Waals surface area contributed by atoms with Gasteiger partial charge in [-0.3, -0.25) is 0 Å². The standard InChI is InChI=1S/C10H10ClNO4/c1-15-8-3-7(14)9(11)6(4-12-5-13)10(8)16-2/h3,14H,4H2,1-2H3. The van der Waals surface area contributed by atoms with Crippen LogP contribution in [0.5, 0.6) is 17.2 Å². The van der Waals surface area contributed by atoms with Gasteiger partial charge in [-0.25, -0.2) is 9.79 Å². The molecule has 0 atom stereocenters. The molecule has 0 fully saturated rings. The Hall–Kier alpha value is -1.71. The number of hydrogen-bond acceptors (Lipinski definition) is 5. The molecule has 0 saturated carbocycles. The molecule has 0 aromatic heterocycles. The summed E-state index contributed by atoms with van der Waals surface area (Å²) < 4.78 is 10.1. The molecule has 0 aliphatic heterocycles. The van der Waals surface area contributed by atoms with Crippen LogP contribution in [0.3, 0.4) is 0 Å². The van der Waals surface area contributed by atoms with Crippen molar-refractivity contribution in [3.8, 4) is 17.2 Å². The Kier molecular flexibility index (Phi) is 4.17. The van der Waals surface area contributed by atoms with E-state index in [0.29, 0.717) is 17.1 Å². The van der Waals surface area contributed by atoms with E-state index in [1.165, 1.54) is 26.4 Å². The highest BCUT2D eigenvalue weighted by molar-refractivity contribution is 6.33. The lowest BCUT2D eigenvalue weighted by Crippen LogP contribution is -1.97. The molecule has 86 valence electrons. The first-order valence-electron chi connectivity index (χ1n) is 4.31. The summed E-state index contributed by atoms with van der Waals surface area (Å²) in [6.45, 7) is -0.0315. The van der Waals surface area contributed by atoms with Crippen LogP contribution in [0.4, 0.5) is 0 Å². The first kappa shape index (κ1) is 12.4. The van der Waals surface area contributed by atoms with E-state index in [-0.39, 0.29) is 17.3 Å². The fraction of sp³-hybridized carbons (Fsp3) is 0.300. The Bertz CT molecular complexity index is 441. The maximum Gasteiger partial charge on any atom is 0.235 e. The minimum atomic E-state index is -0.157. The van der Waals surface area contributed by atoms with Gasteiger partial charge in [0.15, 0.2) is 11.5 Å². The second-order valence-corrected chi connectivity index (χ2v) is 3.21. The van der Waals surface area contributed by atoms with E-state index >= 15 is 0 Å². The Balaban J connectivity index is 3.39. The molecule has 0 unspecified atom stereocenters. The summed E-state index contributed by atoms with van der Waals surface area (Å²) in [7, 11) is 2.86. The maximum absolute atomic E-state index is 10.1. The van der Waals surface area contributed by atoms with Crippen molar-refractivity contribution in [3.63, 3.8) is 0 Å². The highest BCUT2D eigenvalue weighted by Gasteiger charge is 2.17. The molecule has 0 bridgehead atoms. The van der Waals surface area contributed by atoms with Crippen LogP contribution in [0.15, 0.2) is 11.1 Å². The van der Waals surface area contributed by atoms with Gasteiger partial charge >= 0.3 is 0 Å². The number of phenols is 1. The molecular formula is C10H10ClNO4. The predicted octanol–water partition coefficient (Wildman–Crippen LogP) is 1.90. The molecule has 1 N–H and O–H groups in total. The molecule has 16 heavy (non-hydrogen) atoms. The van der Waals surface area contributed by atoms with Crippen LogP contribution >= 0.6 is 11.6 Å². The Morgan fingerprint density at radius 2 is 2.19 bits per heavy atom. The van der Waals surface area contributed by atoms with E-state index in [2.05, 4.69) is 4.99 Å². The second kappa shape index (κ2) is 5.39. The Labute approximate surface area is 97.3 Å². The molecular weight excluding hydrogens is 234 g/mol. The van der Waals surface area contributed by atoms with E-state index in [9.17, 15) is 9.90 Å². The van der Waals surface area contributed by atoms with Crippen LogP contribution in [0.1, 0.15) is 5.56 Å². The Morgan fingerprint density at radius 3 is 2.69 bits per heavy atom. The summed E-state index contributed by atoms with van der Waals surface area (Å²) in [5.41, 5.74) is 0.379. The van der Waals surface area contributed by atoms with Crippen molar-refractivity contribution >= 4 is 17.7 Å². The lowest BCUT2D eigenvalue weighted by Gasteiger charge is -2.13. The van der Waals surface area contributed by atoms with Crippen LogP contribution < -0.4 is 9.47 Å². The number of aromatic hydroxyl groups is 1. The van der Waals surface area contributed by atoms with Crippen LogP contribution in [0, 0.1) is 0 Å². The summed E-state index contributed by atoms with van der Waals surface area (Å²) in [5, 5.41) is 9.60. The molecule has 1 aromatic rings. The van der Waals surface area contributed by atoms with Crippen molar-refractivity contribution in [2.24, 2.45) is 4.99 Å². The van der Waals surface area contributed by atoms with E-state index < -0.39 is 0 Å². The number of aliphatic imine (C=N–C) groups is 1. The van der Waals surface area contributed by atoms with Crippen LogP contribution in [-0.4, -0.2) is 25.4 Å². The van der Waals surface area contributed by atoms with Crippen molar-refractivity contribution in [2.45, 2.75) is 6.54 Å².